The van der Waals surface area contributed by atoms with Crippen LogP contribution in [0.3, 0.4) is 0 Å². The highest BCUT2D eigenvalue weighted by Gasteiger charge is 1.95. The maximum absolute atomic E-state index is 2.21. The molecule has 0 heterocycles. The van der Waals surface area contributed by atoms with Crippen molar-refractivity contribution in [3.05, 3.63) is 71.3 Å². The Morgan fingerprint density at radius 2 is 1.12 bits per heavy atom. The Kier molecular flexibility index (Phi) is 5.48. The standard InChI is InChI=1S/C10H14.C7H8/c1-8(2)10-6-4-9(3)5-7-10;1-7-5-3-2-4-6-7/h4-8H,1-3H3;2-6H,1H3. The lowest BCUT2D eigenvalue weighted by Gasteiger charge is -2.03. The summed E-state index contributed by atoms with van der Waals surface area (Å²) in [6.07, 6.45) is 0. The van der Waals surface area contributed by atoms with Crippen molar-refractivity contribution >= 4 is 0 Å². The smallest absolute Gasteiger partial charge is 0.0219 e. The lowest BCUT2D eigenvalue weighted by molar-refractivity contribution is 0.866. The van der Waals surface area contributed by atoms with Crippen molar-refractivity contribution in [3.8, 4) is 0 Å². The van der Waals surface area contributed by atoms with Crippen molar-refractivity contribution in [3.63, 3.8) is 0 Å². The fourth-order valence-electron chi connectivity index (χ4n) is 1.49. The summed E-state index contributed by atoms with van der Waals surface area (Å²) in [7, 11) is 0. The van der Waals surface area contributed by atoms with Gasteiger partial charge in [0.25, 0.3) is 0 Å². The van der Waals surface area contributed by atoms with Gasteiger partial charge in [-0.25, -0.2) is 0 Å². The SMILES string of the molecule is Cc1ccc(C(C)C)cc1.Cc1ccccc1. The van der Waals surface area contributed by atoms with Crippen LogP contribution in [0.15, 0.2) is 54.6 Å². The van der Waals surface area contributed by atoms with Gasteiger partial charge in [-0.2, -0.15) is 0 Å². The molecular weight excluding hydrogens is 204 g/mol. The van der Waals surface area contributed by atoms with E-state index in [1.165, 1.54) is 16.7 Å². The fraction of sp³-hybridized carbons (Fsp3) is 0.294. The van der Waals surface area contributed by atoms with Crippen molar-refractivity contribution in [2.45, 2.75) is 33.6 Å². The Labute approximate surface area is 105 Å². The molecule has 0 nitrogen and oxygen atoms in total. The van der Waals surface area contributed by atoms with Gasteiger partial charge in [0.2, 0.25) is 0 Å². The maximum Gasteiger partial charge on any atom is -0.0219 e. The van der Waals surface area contributed by atoms with Crippen molar-refractivity contribution < 1.29 is 0 Å². The monoisotopic (exact) mass is 226 g/mol. The number of hydrogen-bond donors (Lipinski definition) is 0. The molecule has 0 fully saturated rings. The quantitative estimate of drug-likeness (QED) is 0.633. The first-order valence-electron chi connectivity index (χ1n) is 6.18. The third-order valence-electron chi connectivity index (χ3n) is 2.68. The highest BCUT2D eigenvalue weighted by atomic mass is 14.0. The summed E-state index contributed by atoms with van der Waals surface area (Å²) in [5.41, 5.74) is 4.08. The minimum absolute atomic E-state index is 0.653. The molecule has 2 rings (SSSR count). The van der Waals surface area contributed by atoms with Crippen LogP contribution in [0.1, 0.15) is 36.5 Å². The molecule has 0 radical (unpaired) electrons. The van der Waals surface area contributed by atoms with E-state index in [1.54, 1.807) is 0 Å². The fourth-order valence-corrected chi connectivity index (χ4v) is 1.49. The van der Waals surface area contributed by atoms with Crippen LogP contribution in [0.4, 0.5) is 0 Å². The second-order valence-electron chi connectivity index (χ2n) is 4.72. The van der Waals surface area contributed by atoms with Crippen LogP contribution in [0.25, 0.3) is 0 Å². The van der Waals surface area contributed by atoms with Gasteiger partial charge in [-0.15, -0.1) is 0 Å². The van der Waals surface area contributed by atoms with Gasteiger partial charge >= 0.3 is 0 Å². The molecule has 0 N–H and O–H groups in total. The summed E-state index contributed by atoms with van der Waals surface area (Å²) < 4.78 is 0. The number of benzene rings is 2. The zero-order valence-electron chi connectivity index (χ0n) is 11.3. The number of rotatable bonds is 1. The Morgan fingerprint density at radius 1 is 0.647 bits per heavy atom. The van der Waals surface area contributed by atoms with E-state index in [4.69, 9.17) is 0 Å². The zero-order valence-corrected chi connectivity index (χ0v) is 11.3. The summed E-state index contributed by atoms with van der Waals surface area (Å²) in [5, 5.41) is 0. The molecule has 0 amide bonds. The van der Waals surface area contributed by atoms with Gasteiger partial charge in [0, 0.05) is 0 Å². The van der Waals surface area contributed by atoms with Crippen molar-refractivity contribution in [1.82, 2.24) is 0 Å². The summed E-state index contributed by atoms with van der Waals surface area (Å²) >= 11 is 0. The molecule has 0 bridgehead atoms. The van der Waals surface area contributed by atoms with Crippen LogP contribution in [-0.4, -0.2) is 0 Å². The molecule has 0 saturated heterocycles. The third kappa shape index (κ3) is 5.35. The van der Waals surface area contributed by atoms with E-state index in [9.17, 15) is 0 Å². The van der Waals surface area contributed by atoms with E-state index in [0.717, 1.165) is 0 Å². The molecule has 0 heteroatoms. The van der Waals surface area contributed by atoms with E-state index in [2.05, 4.69) is 64.1 Å². The molecule has 0 aromatic heterocycles. The highest BCUT2D eigenvalue weighted by Crippen LogP contribution is 2.13. The van der Waals surface area contributed by atoms with Gasteiger partial charge in [0.1, 0.15) is 0 Å². The van der Waals surface area contributed by atoms with Gasteiger partial charge < -0.3 is 0 Å². The zero-order chi connectivity index (χ0) is 12.7. The second-order valence-corrected chi connectivity index (χ2v) is 4.72. The summed E-state index contributed by atoms with van der Waals surface area (Å²) in [5.74, 6) is 0.653. The van der Waals surface area contributed by atoms with E-state index < -0.39 is 0 Å². The van der Waals surface area contributed by atoms with Gasteiger partial charge in [-0.3, -0.25) is 0 Å². The molecule has 0 saturated carbocycles. The van der Waals surface area contributed by atoms with Gasteiger partial charge in [-0.05, 0) is 25.3 Å². The lowest BCUT2D eigenvalue weighted by atomic mass is 10.0. The first-order chi connectivity index (χ1) is 8.09. The molecule has 0 unspecified atom stereocenters. The second kappa shape index (κ2) is 6.90. The van der Waals surface area contributed by atoms with E-state index in [-0.39, 0.29) is 0 Å². The van der Waals surface area contributed by atoms with Crippen LogP contribution in [0.5, 0.6) is 0 Å². The lowest BCUT2D eigenvalue weighted by Crippen LogP contribution is -1.85. The summed E-state index contributed by atoms with van der Waals surface area (Å²) in [4.78, 5) is 0. The molecule has 0 aliphatic rings. The van der Waals surface area contributed by atoms with Crippen LogP contribution in [0, 0.1) is 13.8 Å². The van der Waals surface area contributed by atoms with Crippen LogP contribution in [0.2, 0.25) is 0 Å². The molecular formula is C17H22. The van der Waals surface area contributed by atoms with Crippen LogP contribution < -0.4 is 0 Å². The third-order valence-corrected chi connectivity index (χ3v) is 2.68. The molecule has 17 heavy (non-hydrogen) atoms. The molecule has 0 aliphatic heterocycles. The maximum atomic E-state index is 2.21. The van der Waals surface area contributed by atoms with Gasteiger partial charge in [0.05, 0.1) is 0 Å². The van der Waals surface area contributed by atoms with E-state index >= 15 is 0 Å². The minimum atomic E-state index is 0.653. The van der Waals surface area contributed by atoms with E-state index in [0.29, 0.717) is 5.92 Å². The van der Waals surface area contributed by atoms with Crippen molar-refractivity contribution in [2.24, 2.45) is 0 Å². The number of hydrogen-bond acceptors (Lipinski definition) is 0. The van der Waals surface area contributed by atoms with Crippen LogP contribution in [-0.2, 0) is 0 Å². The molecule has 90 valence electrons. The topological polar surface area (TPSA) is 0 Å². The number of aryl methyl sites for hydroxylation is 2. The summed E-state index contributed by atoms with van der Waals surface area (Å²) in [6.45, 7) is 8.62. The normalized spacial score (nSPS) is 9.71. The predicted octanol–water partition coefficient (Wildman–Crippen LogP) is 5.11. The Hall–Kier alpha value is -1.56. The molecule has 0 atom stereocenters. The molecule has 0 spiro atoms. The van der Waals surface area contributed by atoms with E-state index in [1.807, 2.05) is 18.2 Å². The predicted molar refractivity (Wildman–Crippen MR) is 76.4 cm³/mol. The Bertz CT molecular complexity index is 410. The van der Waals surface area contributed by atoms with Crippen molar-refractivity contribution in [2.75, 3.05) is 0 Å². The Balaban J connectivity index is 0.000000181. The Morgan fingerprint density at radius 3 is 1.47 bits per heavy atom. The summed E-state index contributed by atoms with van der Waals surface area (Å²) in [6, 6.07) is 19.0. The molecule has 0 aliphatic carbocycles. The highest BCUT2D eigenvalue weighted by molar-refractivity contribution is 5.23. The van der Waals surface area contributed by atoms with Gasteiger partial charge in [0.15, 0.2) is 0 Å². The first-order valence-corrected chi connectivity index (χ1v) is 6.18. The van der Waals surface area contributed by atoms with Gasteiger partial charge in [-0.1, -0.05) is 79.6 Å². The molecule has 2 aromatic carbocycles. The largest absolute Gasteiger partial charge is 0.0622 e. The first kappa shape index (κ1) is 13.5. The average molecular weight is 226 g/mol. The minimum Gasteiger partial charge on any atom is -0.0622 e. The molecule has 2 aromatic rings. The van der Waals surface area contributed by atoms with Crippen molar-refractivity contribution in [1.29, 1.82) is 0 Å². The average Bonchev–Trinajstić information content (AvgIpc) is 2.31. The van der Waals surface area contributed by atoms with Crippen LogP contribution >= 0.6 is 0 Å².